The summed E-state index contributed by atoms with van der Waals surface area (Å²) >= 11 is 0. The van der Waals surface area contributed by atoms with E-state index < -0.39 is 6.10 Å². The van der Waals surface area contributed by atoms with Crippen molar-refractivity contribution in [3.8, 4) is 0 Å². The molecular formula is C10H12N2O2. The van der Waals surface area contributed by atoms with Gasteiger partial charge in [0, 0.05) is 25.5 Å². The van der Waals surface area contributed by atoms with E-state index in [1.807, 2.05) is 12.1 Å². The van der Waals surface area contributed by atoms with Gasteiger partial charge >= 0.3 is 0 Å². The predicted octanol–water partition coefficient (Wildman–Crippen LogP) is 0.175. The van der Waals surface area contributed by atoms with Crippen LogP contribution in [-0.4, -0.2) is 33.5 Å². The summed E-state index contributed by atoms with van der Waals surface area (Å²) in [6, 6.07) is 3.76. The summed E-state index contributed by atoms with van der Waals surface area (Å²) in [5.41, 5.74) is 0.995. The summed E-state index contributed by atoms with van der Waals surface area (Å²) < 4.78 is 0. The summed E-state index contributed by atoms with van der Waals surface area (Å²) in [5.74, 6) is -0.172. The van der Waals surface area contributed by atoms with Gasteiger partial charge < -0.3 is 10.0 Å². The minimum absolute atomic E-state index is 0.172. The molecule has 1 fully saturated rings. The Labute approximate surface area is 82.2 Å². The Balaban J connectivity index is 2.02. The number of aliphatic hydroxyl groups excluding tert-OH is 1. The fraction of sp³-hybridized carbons (Fsp3) is 0.400. The molecule has 0 aromatic carbocycles. The van der Waals surface area contributed by atoms with E-state index in [1.165, 1.54) is 0 Å². The van der Waals surface area contributed by atoms with Crippen LogP contribution in [0.25, 0.3) is 0 Å². The first kappa shape index (κ1) is 9.15. The topological polar surface area (TPSA) is 53.4 Å². The largest absolute Gasteiger partial charge is 0.383 e. The smallest absolute Gasteiger partial charge is 0.251 e. The van der Waals surface area contributed by atoms with E-state index in [4.69, 9.17) is 0 Å². The van der Waals surface area contributed by atoms with E-state index in [0.717, 1.165) is 5.56 Å². The summed E-state index contributed by atoms with van der Waals surface area (Å²) in [4.78, 5) is 17.0. The molecule has 1 atom stereocenters. The average Bonchev–Trinajstić information content (AvgIpc) is 2.52. The number of carbonyl (C=O) groups is 1. The molecule has 0 spiro atoms. The van der Waals surface area contributed by atoms with Crippen LogP contribution < -0.4 is 0 Å². The van der Waals surface area contributed by atoms with Crippen molar-refractivity contribution in [2.45, 2.75) is 19.1 Å². The zero-order valence-corrected chi connectivity index (χ0v) is 7.76. The van der Waals surface area contributed by atoms with Gasteiger partial charge in [-0.25, -0.2) is 0 Å². The summed E-state index contributed by atoms with van der Waals surface area (Å²) in [5, 5.41) is 9.24. The number of hydrogen-bond acceptors (Lipinski definition) is 3. The lowest BCUT2D eigenvalue weighted by molar-refractivity contribution is -0.134. The van der Waals surface area contributed by atoms with E-state index >= 15 is 0 Å². The fourth-order valence-corrected chi connectivity index (χ4v) is 1.59. The van der Waals surface area contributed by atoms with Crippen LogP contribution in [0.2, 0.25) is 0 Å². The molecule has 0 bridgehead atoms. The summed E-state index contributed by atoms with van der Waals surface area (Å²) in [6.07, 6.45) is 3.17. The third kappa shape index (κ3) is 1.75. The first-order chi connectivity index (χ1) is 6.77. The van der Waals surface area contributed by atoms with Crippen LogP contribution in [-0.2, 0) is 11.3 Å². The number of pyridine rings is 1. The van der Waals surface area contributed by atoms with Crippen LogP contribution in [0.4, 0.5) is 0 Å². The molecule has 1 N–H and O–H groups in total. The zero-order chi connectivity index (χ0) is 9.97. The first-order valence-corrected chi connectivity index (χ1v) is 4.63. The van der Waals surface area contributed by atoms with E-state index in [2.05, 4.69) is 4.98 Å². The van der Waals surface area contributed by atoms with E-state index in [0.29, 0.717) is 19.5 Å². The van der Waals surface area contributed by atoms with Crippen LogP contribution in [0.3, 0.4) is 0 Å². The van der Waals surface area contributed by atoms with Crippen LogP contribution in [0.1, 0.15) is 12.0 Å². The number of likely N-dealkylation sites (tertiary alicyclic amines) is 1. The van der Waals surface area contributed by atoms with Crippen molar-refractivity contribution < 1.29 is 9.90 Å². The van der Waals surface area contributed by atoms with E-state index in [1.54, 1.807) is 17.3 Å². The van der Waals surface area contributed by atoms with Crippen LogP contribution in [0.5, 0.6) is 0 Å². The molecule has 1 aliphatic rings. The standard InChI is InChI=1S/C10H12N2O2/c13-9-3-5-12(10(9)14)7-8-2-1-4-11-6-8/h1-2,4,6,9,13H,3,5,7H2. The minimum Gasteiger partial charge on any atom is -0.383 e. The molecule has 1 aromatic heterocycles. The molecule has 74 valence electrons. The number of amides is 1. The number of nitrogens with zero attached hydrogens (tertiary/aromatic N) is 2. The van der Waals surface area contributed by atoms with Crippen LogP contribution in [0, 0.1) is 0 Å². The molecule has 0 aliphatic carbocycles. The SMILES string of the molecule is O=C1C(O)CCN1Cc1cccnc1. The molecule has 1 unspecified atom stereocenters. The third-order valence-corrected chi connectivity index (χ3v) is 2.37. The van der Waals surface area contributed by atoms with Crippen molar-refractivity contribution >= 4 is 5.91 Å². The maximum absolute atomic E-state index is 11.4. The maximum atomic E-state index is 11.4. The monoisotopic (exact) mass is 192 g/mol. The van der Waals surface area contributed by atoms with Gasteiger partial charge in [-0.3, -0.25) is 9.78 Å². The molecule has 2 heterocycles. The fourth-order valence-electron chi connectivity index (χ4n) is 1.59. The van der Waals surface area contributed by atoms with Gasteiger partial charge in [0.05, 0.1) is 0 Å². The Morgan fingerprint density at radius 1 is 1.64 bits per heavy atom. The van der Waals surface area contributed by atoms with E-state index in [-0.39, 0.29) is 5.91 Å². The Morgan fingerprint density at radius 3 is 3.07 bits per heavy atom. The number of rotatable bonds is 2. The molecule has 1 amide bonds. The summed E-state index contributed by atoms with van der Waals surface area (Å²) in [7, 11) is 0. The van der Waals surface area contributed by atoms with Crippen LogP contribution in [0.15, 0.2) is 24.5 Å². The highest BCUT2D eigenvalue weighted by molar-refractivity contribution is 5.82. The van der Waals surface area contributed by atoms with Gasteiger partial charge in [0.2, 0.25) is 0 Å². The predicted molar refractivity (Wildman–Crippen MR) is 50.3 cm³/mol. The van der Waals surface area contributed by atoms with Crippen molar-refractivity contribution in [3.05, 3.63) is 30.1 Å². The van der Waals surface area contributed by atoms with Gasteiger partial charge in [0.15, 0.2) is 0 Å². The van der Waals surface area contributed by atoms with Gasteiger partial charge in [0.1, 0.15) is 6.10 Å². The second kappa shape index (κ2) is 3.75. The van der Waals surface area contributed by atoms with Crippen molar-refractivity contribution in [3.63, 3.8) is 0 Å². The maximum Gasteiger partial charge on any atom is 0.251 e. The molecule has 14 heavy (non-hydrogen) atoms. The second-order valence-electron chi connectivity index (χ2n) is 3.43. The Hall–Kier alpha value is -1.42. The normalized spacial score (nSPS) is 21.6. The molecule has 0 radical (unpaired) electrons. The van der Waals surface area contributed by atoms with Crippen molar-refractivity contribution in [1.82, 2.24) is 9.88 Å². The molecule has 1 aliphatic heterocycles. The zero-order valence-electron chi connectivity index (χ0n) is 7.76. The van der Waals surface area contributed by atoms with Gasteiger partial charge in [-0.15, -0.1) is 0 Å². The molecule has 1 saturated heterocycles. The Morgan fingerprint density at radius 2 is 2.50 bits per heavy atom. The van der Waals surface area contributed by atoms with Gasteiger partial charge in [-0.2, -0.15) is 0 Å². The van der Waals surface area contributed by atoms with Crippen molar-refractivity contribution in [2.24, 2.45) is 0 Å². The number of aliphatic hydroxyl groups is 1. The molecule has 4 nitrogen and oxygen atoms in total. The van der Waals surface area contributed by atoms with E-state index in [9.17, 15) is 9.90 Å². The molecule has 0 saturated carbocycles. The molecule has 1 aromatic rings. The second-order valence-corrected chi connectivity index (χ2v) is 3.43. The number of aromatic nitrogens is 1. The minimum atomic E-state index is -0.799. The average molecular weight is 192 g/mol. The number of carbonyl (C=O) groups excluding carboxylic acids is 1. The molecule has 4 heteroatoms. The third-order valence-electron chi connectivity index (χ3n) is 2.37. The highest BCUT2D eigenvalue weighted by atomic mass is 16.3. The summed E-state index contributed by atoms with van der Waals surface area (Å²) in [6.45, 7) is 1.18. The number of hydrogen-bond donors (Lipinski definition) is 1. The quantitative estimate of drug-likeness (QED) is 0.727. The highest BCUT2D eigenvalue weighted by Gasteiger charge is 2.29. The van der Waals surface area contributed by atoms with Crippen LogP contribution >= 0.6 is 0 Å². The lowest BCUT2D eigenvalue weighted by Gasteiger charge is -2.14. The Kier molecular flexibility index (Phi) is 2.45. The van der Waals surface area contributed by atoms with Gasteiger partial charge in [0.25, 0.3) is 5.91 Å². The van der Waals surface area contributed by atoms with Gasteiger partial charge in [-0.1, -0.05) is 6.07 Å². The lowest BCUT2D eigenvalue weighted by Crippen LogP contribution is -2.28. The van der Waals surface area contributed by atoms with Gasteiger partial charge in [-0.05, 0) is 18.1 Å². The Bertz CT molecular complexity index is 326. The van der Waals surface area contributed by atoms with Crippen molar-refractivity contribution in [1.29, 1.82) is 0 Å². The first-order valence-electron chi connectivity index (χ1n) is 4.63. The lowest BCUT2D eigenvalue weighted by atomic mass is 10.3. The highest BCUT2D eigenvalue weighted by Crippen LogP contribution is 2.13. The van der Waals surface area contributed by atoms with Crippen molar-refractivity contribution in [2.75, 3.05) is 6.54 Å². The molecular weight excluding hydrogens is 180 g/mol. The molecule has 2 rings (SSSR count).